The minimum atomic E-state index is -3.76. The maximum atomic E-state index is 12.8. The predicted molar refractivity (Wildman–Crippen MR) is 89.1 cm³/mol. The molecule has 4 rings (SSSR count). The highest BCUT2D eigenvalue weighted by molar-refractivity contribution is 8.05. The number of hydrogen-bond acceptors (Lipinski definition) is 4. The van der Waals surface area contributed by atoms with Crippen LogP contribution in [0.15, 0.2) is 47.6 Å². The molecule has 0 saturated heterocycles. The summed E-state index contributed by atoms with van der Waals surface area (Å²) >= 11 is 6.38. The van der Waals surface area contributed by atoms with Crippen LogP contribution in [0.4, 0.5) is 0 Å². The summed E-state index contributed by atoms with van der Waals surface area (Å²) in [6.07, 6.45) is 2.29. The van der Waals surface area contributed by atoms with Crippen LogP contribution in [0.1, 0.15) is 28.4 Å². The van der Waals surface area contributed by atoms with Crippen LogP contribution in [0.3, 0.4) is 0 Å². The topological polar surface area (TPSA) is 71.4 Å². The fourth-order valence-corrected chi connectivity index (χ4v) is 5.01. The van der Waals surface area contributed by atoms with E-state index in [1.165, 1.54) is 0 Å². The van der Waals surface area contributed by atoms with E-state index < -0.39 is 16.1 Å². The van der Waals surface area contributed by atoms with Crippen molar-refractivity contribution in [1.29, 1.82) is 0 Å². The molecule has 0 bridgehead atoms. The molecule has 2 heterocycles. The molecule has 1 aliphatic carbocycles. The van der Waals surface area contributed by atoms with Crippen molar-refractivity contribution in [2.45, 2.75) is 24.4 Å². The third-order valence-electron chi connectivity index (χ3n) is 4.20. The Morgan fingerprint density at radius 1 is 1.17 bits per heavy atom. The average molecular weight is 348 g/mol. The van der Waals surface area contributed by atoms with Gasteiger partial charge in [-0.2, -0.15) is 0 Å². The summed E-state index contributed by atoms with van der Waals surface area (Å²) in [5.41, 5.74) is 3.26. The average Bonchev–Trinajstić information content (AvgIpc) is 3.10. The van der Waals surface area contributed by atoms with Gasteiger partial charge in [-0.1, -0.05) is 24.3 Å². The second-order valence-corrected chi connectivity index (χ2v) is 7.83. The summed E-state index contributed by atoms with van der Waals surface area (Å²) in [7, 11) is -3.76. The summed E-state index contributed by atoms with van der Waals surface area (Å²) in [5.74, 6) is 0. The highest BCUT2D eigenvalue weighted by Crippen LogP contribution is 2.35. The number of pyridine rings is 1. The smallest absolute Gasteiger partial charge is 0.258 e. The molecule has 0 spiro atoms. The van der Waals surface area contributed by atoms with Crippen LogP contribution in [0.2, 0.25) is 0 Å². The van der Waals surface area contributed by atoms with Crippen molar-refractivity contribution in [3.63, 3.8) is 0 Å². The zero-order valence-corrected chi connectivity index (χ0v) is 13.7. The van der Waals surface area contributed by atoms with E-state index in [0.717, 1.165) is 11.1 Å². The van der Waals surface area contributed by atoms with E-state index >= 15 is 0 Å². The SMILES string of the molecule is O=S(=O)(NC1c2ccccc2CC1Cl)C1=NCc2ncccc21. The molecule has 0 saturated carbocycles. The quantitative estimate of drug-likeness (QED) is 0.846. The van der Waals surface area contributed by atoms with Crippen molar-refractivity contribution < 1.29 is 8.42 Å². The number of halogens is 1. The fourth-order valence-electron chi connectivity index (χ4n) is 3.13. The van der Waals surface area contributed by atoms with Crippen molar-refractivity contribution in [2.24, 2.45) is 4.99 Å². The first kappa shape index (κ1) is 14.8. The number of aromatic nitrogens is 1. The van der Waals surface area contributed by atoms with E-state index in [9.17, 15) is 8.42 Å². The van der Waals surface area contributed by atoms with E-state index in [1.807, 2.05) is 24.3 Å². The number of sulfonamides is 1. The Hall–Kier alpha value is -1.76. The summed E-state index contributed by atoms with van der Waals surface area (Å²) in [5, 5.41) is -0.258. The summed E-state index contributed by atoms with van der Waals surface area (Å²) in [6, 6.07) is 10.7. The van der Waals surface area contributed by atoms with Crippen LogP contribution in [0.5, 0.6) is 0 Å². The van der Waals surface area contributed by atoms with Gasteiger partial charge in [-0.3, -0.25) is 9.98 Å². The molecular formula is C16H14ClN3O2S. The van der Waals surface area contributed by atoms with Crippen LogP contribution in [-0.2, 0) is 23.0 Å². The van der Waals surface area contributed by atoms with Crippen molar-refractivity contribution in [1.82, 2.24) is 9.71 Å². The number of nitrogens with one attached hydrogen (secondary N) is 1. The van der Waals surface area contributed by atoms with Crippen molar-refractivity contribution >= 4 is 26.7 Å². The molecule has 23 heavy (non-hydrogen) atoms. The first-order valence-corrected chi connectivity index (χ1v) is 9.21. The third-order valence-corrected chi connectivity index (χ3v) is 6.03. The Balaban J connectivity index is 1.67. The fraction of sp³-hybridized carbons (Fsp3) is 0.250. The maximum absolute atomic E-state index is 12.8. The predicted octanol–water partition coefficient (Wildman–Crippen LogP) is 2.17. The lowest BCUT2D eigenvalue weighted by atomic mass is 10.1. The number of fused-ring (bicyclic) bond motifs is 2. The minimum Gasteiger partial charge on any atom is -0.265 e. The van der Waals surface area contributed by atoms with Gasteiger partial charge in [0.1, 0.15) is 0 Å². The van der Waals surface area contributed by atoms with Gasteiger partial charge in [0.25, 0.3) is 10.0 Å². The van der Waals surface area contributed by atoms with E-state index in [-0.39, 0.29) is 17.0 Å². The summed E-state index contributed by atoms with van der Waals surface area (Å²) < 4.78 is 28.3. The van der Waals surface area contributed by atoms with Gasteiger partial charge in [0.05, 0.1) is 23.7 Å². The van der Waals surface area contributed by atoms with Crippen molar-refractivity contribution in [3.05, 3.63) is 65.0 Å². The van der Waals surface area contributed by atoms with Gasteiger partial charge in [0.15, 0.2) is 5.04 Å². The Labute approximate surface area is 139 Å². The zero-order valence-electron chi connectivity index (χ0n) is 12.1. The van der Waals surface area contributed by atoms with Gasteiger partial charge >= 0.3 is 0 Å². The highest BCUT2D eigenvalue weighted by Gasteiger charge is 2.37. The van der Waals surface area contributed by atoms with E-state index in [4.69, 9.17) is 11.6 Å². The maximum Gasteiger partial charge on any atom is 0.258 e. The highest BCUT2D eigenvalue weighted by atomic mass is 35.5. The minimum absolute atomic E-state index is 0.0499. The lowest BCUT2D eigenvalue weighted by molar-refractivity contribution is 0.568. The number of nitrogens with zero attached hydrogens (tertiary/aromatic N) is 2. The monoisotopic (exact) mass is 347 g/mol. The van der Waals surface area contributed by atoms with Gasteiger partial charge in [-0.05, 0) is 29.7 Å². The second kappa shape index (κ2) is 5.40. The molecule has 0 fully saturated rings. The lowest BCUT2D eigenvalue weighted by Gasteiger charge is -2.17. The number of aliphatic imine (C=N–C) groups is 1. The lowest BCUT2D eigenvalue weighted by Crippen LogP contribution is -2.36. The number of rotatable bonds is 2. The van der Waals surface area contributed by atoms with Gasteiger partial charge in [-0.15, -0.1) is 11.6 Å². The Morgan fingerprint density at radius 3 is 2.87 bits per heavy atom. The molecule has 5 nitrogen and oxygen atoms in total. The molecule has 2 aromatic rings. The van der Waals surface area contributed by atoms with Crippen LogP contribution in [0, 0.1) is 0 Å². The first-order valence-electron chi connectivity index (χ1n) is 7.29. The van der Waals surface area contributed by atoms with Crippen LogP contribution < -0.4 is 4.72 Å². The Kier molecular flexibility index (Phi) is 3.48. The molecular weight excluding hydrogens is 334 g/mol. The number of alkyl halides is 1. The first-order chi connectivity index (χ1) is 11.1. The van der Waals surface area contributed by atoms with Gasteiger partial charge in [-0.25, -0.2) is 13.1 Å². The van der Waals surface area contributed by atoms with Gasteiger partial charge in [0.2, 0.25) is 0 Å². The normalized spacial score (nSPS) is 22.6. The number of hydrogen-bond donors (Lipinski definition) is 1. The zero-order chi connectivity index (χ0) is 16.0. The molecule has 1 aliphatic heterocycles. The van der Waals surface area contributed by atoms with E-state index in [0.29, 0.717) is 17.7 Å². The third kappa shape index (κ3) is 2.47. The van der Waals surface area contributed by atoms with Gasteiger partial charge in [0, 0.05) is 11.8 Å². The molecule has 7 heteroatoms. The molecule has 1 aromatic heterocycles. The summed E-state index contributed by atoms with van der Waals surface area (Å²) in [4.78, 5) is 8.33. The largest absolute Gasteiger partial charge is 0.265 e. The van der Waals surface area contributed by atoms with E-state index in [2.05, 4.69) is 14.7 Å². The molecule has 0 amide bonds. The van der Waals surface area contributed by atoms with Crippen LogP contribution in [-0.4, -0.2) is 23.8 Å². The van der Waals surface area contributed by atoms with E-state index in [1.54, 1.807) is 18.3 Å². The Morgan fingerprint density at radius 2 is 2.00 bits per heavy atom. The molecule has 2 atom stereocenters. The summed E-state index contributed by atoms with van der Waals surface area (Å²) in [6.45, 7) is 0.290. The van der Waals surface area contributed by atoms with Crippen LogP contribution in [0.25, 0.3) is 0 Å². The van der Waals surface area contributed by atoms with Crippen LogP contribution >= 0.6 is 11.6 Å². The molecule has 1 aromatic carbocycles. The standard InChI is InChI=1S/C16H14ClN3O2S/c17-13-8-10-4-1-2-5-11(10)15(13)20-23(21,22)16-12-6-3-7-18-14(12)9-19-16/h1-7,13,15,20H,8-9H2. The van der Waals surface area contributed by atoms with Crippen molar-refractivity contribution in [3.8, 4) is 0 Å². The number of benzene rings is 1. The Bertz CT molecular complexity index is 911. The molecule has 118 valence electrons. The van der Waals surface area contributed by atoms with Crippen molar-refractivity contribution in [2.75, 3.05) is 0 Å². The molecule has 0 radical (unpaired) electrons. The molecule has 1 N–H and O–H groups in total. The van der Waals surface area contributed by atoms with Gasteiger partial charge < -0.3 is 0 Å². The molecule has 2 unspecified atom stereocenters. The molecule has 2 aliphatic rings. The second-order valence-electron chi connectivity index (χ2n) is 5.64.